The summed E-state index contributed by atoms with van der Waals surface area (Å²) in [5.41, 5.74) is 0. The van der Waals surface area contributed by atoms with Gasteiger partial charge in [0.25, 0.3) is 0 Å². The van der Waals surface area contributed by atoms with E-state index < -0.39 is 0 Å². The molecule has 0 rings (SSSR count). The maximum atomic E-state index is 5.59. The molecule has 0 saturated heterocycles. The number of hydrogen-bond acceptors (Lipinski definition) is 0. The molecule has 0 aromatic heterocycles. The molecule has 0 atom stereocenters. The molecule has 0 bridgehead atoms. The smallest absolute Gasteiger partial charge is 0.0223 e. The zero-order chi connectivity index (χ0) is 9.78. The van der Waals surface area contributed by atoms with Gasteiger partial charge >= 0.3 is 0 Å². The van der Waals surface area contributed by atoms with E-state index >= 15 is 0 Å². The maximum absolute atomic E-state index is 5.59. The lowest BCUT2D eigenvalue weighted by Crippen LogP contribution is -1.80. The first-order valence-corrected chi connectivity index (χ1v) is 6.68. The quantitative estimate of drug-likeness (QED) is 0.395. The van der Waals surface area contributed by atoms with E-state index in [2.05, 4.69) is 22.0 Å². The number of allylic oxidation sites excluding steroid dienone is 1. The van der Waals surface area contributed by atoms with E-state index in [0.29, 0.717) is 0 Å². The van der Waals surface area contributed by atoms with Crippen LogP contribution < -0.4 is 0 Å². The molecule has 0 aliphatic heterocycles. The van der Waals surface area contributed by atoms with Gasteiger partial charge in [0.2, 0.25) is 0 Å². The predicted molar refractivity (Wildman–Crippen MR) is 65.7 cm³/mol. The Morgan fingerprint density at radius 2 is 1.38 bits per heavy atom. The molecule has 0 unspecified atom stereocenters. The SMILES string of the molecule is ClCCCCCCCCC/C=C/Br. The molecule has 0 N–H and O–H groups in total. The average Bonchev–Trinajstić information content (AvgIpc) is 2.16. The third-order valence-corrected chi connectivity index (χ3v) is 2.73. The number of hydrogen-bond donors (Lipinski definition) is 0. The minimum absolute atomic E-state index is 0.829. The van der Waals surface area contributed by atoms with Crippen molar-refractivity contribution in [2.24, 2.45) is 0 Å². The Morgan fingerprint density at radius 1 is 0.846 bits per heavy atom. The number of alkyl halides is 1. The van der Waals surface area contributed by atoms with Crippen molar-refractivity contribution < 1.29 is 0 Å². The Hall–Kier alpha value is 0.510. The van der Waals surface area contributed by atoms with E-state index in [1.54, 1.807) is 0 Å². The summed E-state index contributed by atoms with van der Waals surface area (Å²) in [5, 5.41) is 0. The molecule has 0 spiro atoms. The van der Waals surface area contributed by atoms with Gasteiger partial charge in [0.15, 0.2) is 0 Å². The molecule has 0 radical (unpaired) electrons. The second-order valence-corrected chi connectivity index (χ2v) is 4.22. The number of rotatable bonds is 9. The standard InChI is InChI=1S/C11H20BrCl/c12-10-8-6-4-2-1-3-5-7-9-11-13/h8,10H,1-7,9,11H2/b10-8+. The van der Waals surface area contributed by atoms with Crippen LogP contribution in [-0.4, -0.2) is 5.88 Å². The Balaban J connectivity index is 2.83. The average molecular weight is 268 g/mol. The summed E-state index contributed by atoms with van der Waals surface area (Å²) in [6, 6.07) is 0. The van der Waals surface area contributed by atoms with E-state index in [9.17, 15) is 0 Å². The first kappa shape index (κ1) is 13.5. The summed E-state index contributed by atoms with van der Waals surface area (Å²) in [4.78, 5) is 1.95. The summed E-state index contributed by atoms with van der Waals surface area (Å²) >= 11 is 8.85. The van der Waals surface area contributed by atoms with Gasteiger partial charge in [0.1, 0.15) is 0 Å². The lowest BCUT2D eigenvalue weighted by atomic mass is 10.1. The monoisotopic (exact) mass is 266 g/mol. The van der Waals surface area contributed by atoms with Crippen LogP contribution in [0.1, 0.15) is 51.4 Å². The minimum atomic E-state index is 0.829. The maximum Gasteiger partial charge on any atom is 0.0223 e. The molecule has 0 aliphatic rings. The van der Waals surface area contributed by atoms with Gasteiger partial charge in [0, 0.05) is 5.88 Å². The van der Waals surface area contributed by atoms with Crippen LogP contribution in [0.5, 0.6) is 0 Å². The minimum Gasteiger partial charge on any atom is -0.127 e. The summed E-state index contributed by atoms with van der Waals surface area (Å²) in [6.07, 6.45) is 12.7. The van der Waals surface area contributed by atoms with Crippen molar-refractivity contribution in [3.8, 4) is 0 Å². The zero-order valence-corrected chi connectivity index (χ0v) is 10.6. The summed E-state index contributed by atoms with van der Waals surface area (Å²) < 4.78 is 0. The fourth-order valence-corrected chi connectivity index (χ4v) is 1.76. The van der Waals surface area contributed by atoms with Gasteiger partial charge in [-0.2, -0.15) is 0 Å². The Labute approximate surface area is 95.9 Å². The first-order valence-electron chi connectivity index (χ1n) is 5.23. The summed E-state index contributed by atoms with van der Waals surface area (Å²) in [7, 11) is 0. The summed E-state index contributed by atoms with van der Waals surface area (Å²) in [6.45, 7) is 0. The first-order chi connectivity index (χ1) is 6.41. The van der Waals surface area contributed by atoms with Gasteiger partial charge < -0.3 is 0 Å². The van der Waals surface area contributed by atoms with Crippen LogP contribution in [0.2, 0.25) is 0 Å². The highest BCUT2D eigenvalue weighted by molar-refractivity contribution is 9.11. The molecule has 0 amide bonds. The molecule has 0 aliphatic carbocycles. The van der Waals surface area contributed by atoms with Crippen molar-refractivity contribution in [2.45, 2.75) is 51.4 Å². The van der Waals surface area contributed by atoms with Gasteiger partial charge in [-0.1, -0.05) is 54.1 Å². The largest absolute Gasteiger partial charge is 0.127 e. The van der Waals surface area contributed by atoms with E-state index in [-0.39, 0.29) is 0 Å². The molecular weight excluding hydrogens is 247 g/mol. The molecule has 0 heterocycles. The molecule has 0 saturated carbocycles. The van der Waals surface area contributed by atoms with Crippen LogP contribution in [-0.2, 0) is 0 Å². The molecule has 0 fully saturated rings. The number of halogens is 2. The van der Waals surface area contributed by atoms with Gasteiger partial charge in [-0.25, -0.2) is 0 Å². The lowest BCUT2D eigenvalue weighted by Gasteiger charge is -1.99. The van der Waals surface area contributed by atoms with Crippen molar-refractivity contribution in [2.75, 3.05) is 5.88 Å². The highest BCUT2D eigenvalue weighted by Crippen LogP contribution is 2.09. The van der Waals surface area contributed by atoms with Crippen LogP contribution in [0.3, 0.4) is 0 Å². The van der Waals surface area contributed by atoms with Crippen LogP contribution >= 0.6 is 27.5 Å². The van der Waals surface area contributed by atoms with Gasteiger partial charge in [0.05, 0.1) is 0 Å². The van der Waals surface area contributed by atoms with Crippen LogP contribution in [0.15, 0.2) is 11.1 Å². The fraction of sp³-hybridized carbons (Fsp3) is 0.818. The van der Waals surface area contributed by atoms with Crippen molar-refractivity contribution in [3.63, 3.8) is 0 Å². The predicted octanol–water partition coefficient (Wildman–Crippen LogP) is 5.25. The van der Waals surface area contributed by atoms with Gasteiger partial charge in [-0.3, -0.25) is 0 Å². The van der Waals surface area contributed by atoms with Crippen molar-refractivity contribution in [1.29, 1.82) is 0 Å². The van der Waals surface area contributed by atoms with Crippen molar-refractivity contribution in [1.82, 2.24) is 0 Å². The van der Waals surface area contributed by atoms with Crippen LogP contribution in [0.4, 0.5) is 0 Å². The van der Waals surface area contributed by atoms with Crippen LogP contribution in [0.25, 0.3) is 0 Å². The van der Waals surface area contributed by atoms with E-state index in [1.807, 2.05) is 4.99 Å². The molecule has 13 heavy (non-hydrogen) atoms. The van der Waals surface area contributed by atoms with Crippen molar-refractivity contribution >= 4 is 27.5 Å². The van der Waals surface area contributed by atoms with E-state index in [4.69, 9.17) is 11.6 Å². The molecule has 2 heteroatoms. The second kappa shape index (κ2) is 12.5. The molecule has 0 nitrogen and oxygen atoms in total. The molecular formula is C11H20BrCl. The van der Waals surface area contributed by atoms with Gasteiger partial charge in [-0.05, 0) is 24.2 Å². The third-order valence-electron chi connectivity index (χ3n) is 2.09. The van der Waals surface area contributed by atoms with Crippen LogP contribution in [0, 0.1) is 0 Å². The zero-order valence-electron chi connectivity index (χ0n) is 8.27. The fourth-order valence-electron chi connectivity index (χ4n) is 1.30. The van der Waals surface area contributed by atoms with E-state index in [1.165, 1.54) is 51.4 Å². The van der Waals surface area contributed by atoms with E-state index in [0.717, 1.165) is 5.88 Å². The Kier molecular flexibility index (Phi) is 13.0. The highest BCUT2D eigenvalue weighted by atomic mass is 79.9. The van der Waals surface area contributed by atoms with Crippen molar-refractivity contribution in [3.05, 3.63) is 11.1 Å². The van der Waals surface area contributed by atoms with Gasteiger partial charge in [-0.15, -0.1) is 11.6 Å². The highest BCUT2D eigenvalue weighted by Gasteiger charge is 1.90. The Bertz CT molecular complexity index is 113. The normalized spacial score (nSPS) is 11.2. The topological polar surface area (TPSA) is 0 Å². The summed E-state index contributed by atoms with van der Waals surface area (Å²) in [5.74, 6) is 0.829. The molecule has 0 aromatic carbocycles. The Morgan fingerprint density at radius 3 is 1.92 bits per heavy atom. The molecule has 0 aromatic rings. The molecule has 78 valence electrons. The number of unbranched alkanes of at least 4 members (excludes halogenated alkanes) is 7. The lowest BCUT2D eigenvalue weighted by molar-refractivity contribution is 0.593. The third kappa shape index (κ3) is 12.5. The second-order valence-electron chi connectivity index (χ2n) is 3.31.